The zero-order chi connectivity index (χ0) is 18.1. The average molecular weight is 367 g/mol. The lowest BCUT2D eigenvalue weighted by molar-refractivity contribution is -0.0107. The van der Waals surface area contributed by atoms with Crippen LogP contribution in [0.2, 0.25) is 5.02 Å². The first-order valence-corrected chi connectivity index (χ1v) is 9.18. The summed E-state index contributed by atoms with van der Waals surface area (Å²) in [4.78, 5) is 14.9. The topological polar surface area (TPSA) is 53.3 Å². The van der Waals surface area contributed by atoms with Gasteiger partial charge in [-0.05, 0) is 35.9 Å². The molecule has 2 aliphatic rings. The van der Waals surface area contributed by atoms with Crippen molar-refractivity contribution in [2.75, 3.05) is 13.1 Å². The monoisotopic (exact) mass is 366 g/mol. The highest BCUT2D eigenvalue weighted by molar-refractivity contribution is 6.30. The summed E-state index contributed by atoms with van der Waals surface area (Å²) < 4.78 is 6.27. The summed E-state index contributed by atoms with van der Waals surface area (Å²) in [5, 5.41) is 9.48. The summed E-state index contributed by atoms with van der Waals surface area (Å²) in [5.41, 5.74) is 2.10. The molecule has 1 spiro atoms. The van der Waals surface area contributed by atoms with Crippen LogP contribution in [-0.2, 0) is 6.54 Å². The fourth-order valence-electron chi connectivity index (χ4n) is 3.81. The van der Waals surface area contributed by atoms with Crippen molar-refractivity contribution in [1.82, 2.24) is 4.90 Å². The van der Waals surface area contributed by atoms with E-state index in [1.807, 2.05) is 24.3 Å². The SMILES string of the molecule is N#Cc1ccc(CN2CCC3(CC2)CC(=O)c2ccc(Cl)cc2O3)cc1. The number of rotatable bonds is 2. The molecule has 1 saturated heterocycles. The molecule has 0 aliphatic carbocycles. The highest BCUT2D eigenvalue weighted by Gasteiger charge is 2.42. The molecule has 0 atom stereocenters. The fraction of sp³-hybridized carbons (Fsp3) is 0.333. The van der Waals surface area contributed by atoms with E-state index in [0.29, 0.717) is 28.3 Å². The summed E-state index contributed by atoms with van der Waals surface area (Å²) in [6.45, 7) is 2.60. The number of ketones is 1. The van der Waals surface area contributed by atoms with Crippen LogP contribution in [0.5, 0.6) is 5.75 Å². The molecule has 2 aliphatic heterocycles. The van der Waals surface area contributed by atoms with Gasteiger partial charge in [0.25, 0.3) is 0 Å². The maximum absolute atomic E-state index is 12.5. The molecule has 0 aromatic heterocycles. The molecule has 2 aromatic rings. The molecular formula is C21H19ClN2O2. The van der Waals surface area contributed by atoms with Crippen molar-refractivity contribution >= 4 is 17.4 Å². The number of benzene rings is 2. The zero-order valence-electron chi connectivity index (χ0n) is 14.4. The third-order valence-corrected chi connectivity index (χ3v) is 5.54. The Balaban J connectivity index is 1.43. The van der Waals surface area contributed by atoms with Crippen LogP contribution in [0.25, 0.3) is 0 Å². The van der Waals surface area contributed by atoms with Crippen molar-refractivity contribution in [3.05, 3.63) is 64.2 Å². The lowest BCUT2D eigenvalue weighted by atomic mass is 9.82. The largest absolute Gasteiger partial charge is 0.486 e. The molecule has 2 aromatic carbocycles. The summed E-state index contributed by atoms with van der Waals surface area (Å²) in [6.07, 6.45) is 2.08. The maximum Gasteiger partial charge on any atom is 0.170 e. The molecule has 0 bridgehead atoms. The van der Waals surface area contributed by atoms with Crippen molar-refractivity contribution in [3.63, 3.8) is 0 Å². The van der Waals surface area contributed by atoms with Crippen LogP contribution in [0.3, 0.4) is 0 Å². The van der Waals surface area contributed by atoms with Gasteiger partial charge in [0.15, 0.2) is 5.78 Å². The minimum Gasteiger partial charge on any atom is -0.486 e. The van der Waals surface area contributed by atoms with E-state index >= 15 is 0 Å². The number of carbonyl (C=O) groups excluding carboxylic acids is 1. The molecule has 132 valence electrons. The lowest BCUT2D eigenvalue weighted by Gasteiger charge is -2.44. The van der Waals surface area contributed by atoms with Crippen LogP contribution in [0, 0.1) is 11.3 Å². The van der Waals surface area contributed by atoms with Crippen LogP contribution in [0.1, 0.15) is 40.7 Å². The van der Waals surface area contributed by atoms with Gasteiger partial charge < -0.3 is 4.74 Å². The Hall–Kier alpha value is -2.35. The predicted octanol–water partition coefficient (Wildman–Crippen LogP) is 4.21. The number of nitrogens with zero attached hydrogens (tertiary/aromatic N) is 2. The van der Waals surface area contributed by atoms with Gasteiger partial charge in [0.2, 0.25) is 0 Å². The molecular weight excluding hydrogens is 348 g/mol. The van der Waals surface area contributed by atoms with Gasteiger partial charge in [-0.1, -0.05) is 23.7 Å². The average Bonchev–Trinajstić information content (AvgIpc) is 2.64. The van der Waals surface area contributed by atoms with E-state index in [-0.39, 0.29) is 5.78 Å². The summed E-state index contributed by atoms with van der Waals surface area (Å²) >= 11 is 6.07. The minimum atomic E-state index is -0.407. The van der Waals surface area contributed by atoms with Gasteiger partial charge in [0.1, 0.15) is 11.4 Å². The highest BCUT2D eigenvalue weighted by Crippen LogP contribution is 2.40. The van der Waals surface area contributed by atoms with E-state index in [9.17, 15) is 4.79 Å². The Kier molecular flexibility index (Phi) is 4.44. The first kappa shape index (κ1) is 17.1. The normalized spacial score (nSPS) is 18.8. The van der Waals surface area contributed by atoms with Crippen LogP contribution in [-0.4, -0.2) is 29.4 Å². The van der Waals surface area contributed by atoms with Gasteiger partial charge in [-0.3, -0.25) is 9.69 Å². The zero-order valence-corrected chi connectivity index (χ0v) is 15.1. The first-order chi connectivity index (χ1) is 12.6. The van der Waals surface area contributed by atoms with Gasteiger partial charge in [-0.15, -0.1) is 0 Å². The molecule has 0 N–H and O–H groups in total. The standard InChI is InChI=1S/C21H19ClN2O2/c22-17-5-6-18-19(25)12-21(26-20(18)11-17)7-9-24(10-8-21)14-16-3-1-15(13-23)2-4-16/h1-6,11H,7-10,12,14H2. The van der Waals surface area contributed by atoms with Crippen molar-refractivity contribution in [2.24, 2.45) is 0 Å². The van der Waals surface area contributed by atoms with E-state index < -0.39 is 5.60 Å². The van der Waals surface area contributed by atoms with E-state index in [4.69, 9.17) is 21.6 Å². The third kappa shape index (κ3) is 3.33. The summed E-state index contributed by atoms with van der Waals surface area (Å²) in [5.74, 6) is 0.762. The fourth-order valence-corrected chi connectivity index (χ4v) is 3.97. The van der Waals surface area contributed by atoms with Crippen LogP contribution in [0.15, 0.2) is 42.5 Å². The molecule has 0 saturated carbocycles. The van der Waals surface area contributed by atoms with Gasteiger partial charge in [-0.2, -0.15) is 5.26 Å². The van der Waals surface area contributed by atoms with E-state index in [1.54, 1.807) is 18.2 Å². The second-order valence-corrected chi connectivity index (χ2v) is 7.55. The third-order valence-electron chi connectivity index (χ3n) is 5.31. The molecule has 1 fully saturated rings. The number of Topliss-reactive ketones (excluding diaryl/α,β-unsaturated/α-hetero) is 1. The molecule has 5 heteroatoms. The summed E-state index contributed by atoms with van der Waals surface area (Å²) in [6, 6.07) is 15.1. The predicted molar refractivity (Wildman–Crippen MR) is 99.4 cm³/mol. The van der Waals surface area contributed by atoms with Gasteiger partial charge in [-0.25, -0.2) is 0 Å². The molecule has 4 nitrogen and oxygen atoms in total. The lowest BCUT2D eigenvalue weighted by Crippen LogP contribution is -2.50. The number of carbonyl (C=O) groups is 1. The number of nitriles is 1. The Bertz CT molecular complexity index is 878. The van der Waals surface area contributed by atoms with Gasteiger partial charge in [0, 0.05) is 37.5 Å². The molecule has 0 amide bonds. The highest BCUT2D eigenvalue weighted by atomic mass is 35.5. The molecule has 0 radical (unpaired) electrons. The quantitative estimate of drug-likeness (QED) is 0.798. The van der Waals surface area contributed by atoms with Crippen molar-refractivity contribution < 1.29 is 9.53 Å². The molecule has 26 heavy (non-hydrogen) atoms. The van der Waals surface area contributed by atoms with Crippen LogP contribution < -0.4 is 4.74 Å². The number of likely N-dealkylation sites (tertiary alicyclic amines) is 1. The Morgan fingerprint density at radius 1 is 1.15 bits per heavy atom. The van der Waals surface area contributed by atoms with E-state index in [0.717, 1.165) is 32.5 Å². The van der Waals surface area contributed by atoms with Crippen LogP contribution in [0.4, 0.5) is 0 Å². The van der Waals surface area contributed by atoms with Gasteiger partial charge >= 0.3 is 0 Å². The first-order valence-electron chi connectivity index (χ1n) is 8.80. The Labute approximate surface area is 157 Å². The van der Waals surface area contributed by atoms with Crippen molar-refractivity contribution in [1.29, 1.82) is 5.26 Å². The maximum atomic E-state index is 12.5. The number of hydrogen-bond acceptors (Lipinski definition) is 4. The number of fused-ring (bicyclic) bond motifs is 1. The van der Waals surface area contributed by atoms with Crippen LogP contribution >= 0.6 is 11.6 Å². The Morgan fingerprint density at radius 3 is 2.58 bits per heavy atom. The molecule has 2 heterocycles. The minimum absolute atomic E-state index is 0.142. The smallest absolute Gasteiger partial charge is 0.170 e. The Morgan fingerprint density at radius 2 is 1.88 bits per heavy atom. The number of hydrogen-bond donors (Lipinski definition) is 0. The number of piperidine rings is 1. The summed E-state index contributed by atoms with van der Waals surface area (Å²) in [7, 11) is 0. The van der Waals surface area contributed by atoms with Crippen molar-refractivity contribution in [2.45, 2.75) is 31.4 Å². The van der Waals surface area contributed by atoms with E-state index in [2.05, 4.69) is 11.0 Å². The molecule has 0 unspecified atom stereocenters. The molecule has 4 rings (SSSR count). The van der Waals surface area contributed by atoms with Crippen molar-refractivity contribution in [3.8, 4) is 11.8 Å². The number of halogens is 1. The second kappa shape index (κ2) is 6.75. The number of ether oxygens (including phenoxy) is 1. The van der Waals surface area contributed by atoms with Gasteiger partial charge in [0.05, 0.1) is 23.6 Å². The second-order valence-electron chi connectivity index (χ2n) is 7.11. The van der Waals surface area contributed by atoms with E-state index in [1.165, 1.54) is 5.56 Å².